The fourth-order valence-corrected chi connectivity index (χ4v) is 0.647. The van der Waals surface area contributed by atoms with Crippen molar-refractivity contribution in [3.05, 3.63) is 12.7 Å². The average Bonchev–Trinajstić information content (AvgIpc) is 2.24. The van der Waals surface area contributed by atoms with E-state index in [0.29, 0.717) is 6.61 Å². The number of aliphatic hydroxyl groups excluding tert-OH is 1. The van der Waals surface area contributed by atoms with Crippen LogP contribution in [0.15, 0.2) is 17.8 Å². The lowest BCUT2D eigenvalue weighted by atomic mass is 10.4. The average molecular weight is 217 g/mol. The minimum Gasteiger partial charge on any atom is -0.458 e. The molecule has 0 spiro atoms. The first-order valence-electron chi connectivity index (χ1n) is 4.30. The van der Waals surface area contributed by atoms with Crippen LogP contribution < -0.4 is 0 Å². The molecule has 6 heteroatoms. The number of hydrogen-bond donors (Lipinski definition) is 1. The Morgan fingerprint density at radius 1 is 1.60 bits per heavy atom. The maximum atomic E-state index is 10.8. The normalized spacial score (nSPS) is 12.4. The van der Waals surface area contributed by atoms with Crippen LogP contribution in [-0.4, -0.2) is 50.3 Å². The van der Waals surface area contributed by atoms with Gasteiger partial charge in [0.15, 0.2) is 6.21 Å². The molecule has 0 fully saturated rings. The van der Waals surface area contributed by atoms with E-state index in [2.05, 4.69) is 21.3 Å². The lowest BCUT2D eigenvalue weighted by Crippen LogP contribution is -2.24. The SMILES string of the molecule is C=CCOCC(O)COC(=O)/C=N/OC. The lowest BCUT2D eigenvalue weighted by Gasteiger charge is -2.09. The number of nitrogens with zero attached hydrogens (tertiary/aromatic N) is 1. The highest BCUT2D eigenvalue weighted by atomic mass is 16.6. The molecule has 15 heavy (non-hydrogen) atoms. The minimum absolute atomic E-state index is 0.0840. The number of esters is 1. The zero-order valence-electron chi connectivity index (χ0n) is 8.59. The first-order chi connectivity index (χ1) is 7.20. The van der Waals surface area contributed by atoms with Gasteiger partial charge >= 0.3 is 5.97 Å². The van der Waals surface area contributed by atoms with E-state index in [9.17, 15) is 9.90 Å². The van der Waals surface area contributed by atoms with Crippen molar-refractivity contribution >= 4 is 12.2 Å². The molecule has 0 amide bonds. The number of hydrogen-bond acceptors (Lipinski definition) is 6. The second-order valence-electron chi connectivity index (χ2n) is 2.53. The summed E-state index contributed by atoms with van der Waals surface area (Å²) in [5, 5.41) is 12.4. The van der Waals surface area contributed by atoms with Crippen molar-refractivity contribution < 1.29 is 24.2 Å². The molecule has 86 valence electrons. The van der Waals surface area contributed by atoms with Gasteiger partial charge in [0.1, 0.15) is 19.8 Å². The Kier molecular flexibility index (Phi) is 8.31. The fraction of sp³-hybridized carbons (Fsp3) is 0.556. The molecule has 0 aliphatic carbocycles. The molecule has 0 aromatic heterocycles. The van der Waals surface area contributed by atoms with E-state index in [0.717, 1.165) is 6.21 Å². The van der Waals surface area contributed by atoms with E-state index in [4.69, 9.17) is 4.74 Å². The second kappa shape index (κ2) is 9.17. The van der Waals surface area contributed by atoms with Crippen molar-refractivity contribution in [1.29, 1.82) is 0 Å². The van der Waals surface area contributed by atoms with Crippen LogP contribution in [0.5, 0.6) is 0 Å². The molecule has 0 aromatic rings. The van der Waals surface area contributed by atoms with E-state index in [1.165, 1.54) is 7.11 Å². The quantitative estimate of drug-likeness (QED) is 0.199. The van der Waals surface area contributed by atoms with Crippen LogP contribution in [0.25, 0.3) is 0 Å². The molecule has 0 rings (SSSR count). The van der Waals surface area contributed by atoms with Gasteiger partial charge < -0.3 is 19.4 Å². The Bertz CT molecular complexity index is 217. The van der Waals surface area contributed by atoms with Crippen LogP contribution >= 0.6 is 0 Å². The molecule has 0 aliphatic rings. The van der Waals surface area contributed by atoms with Crippen molar-refractivity contribution in [2.24, 2.45) is 5.16 Å². The molecular formula is C9H15NO5. The largest absolute Gasteiger partial charge is 0.458 e. The molecule has 1 N–H and O–H groups in total. The summed E-state index contributed by atoms with van der Waals surface area (Å²) in [5.74, 6) is -0.681. The fourth-order valence-electron chi connectivity index (χ4n) is 0.647. The summed E-state index contributed by atoms with van der Waals surface area (Å²) in [4.78, 5) is 15.1. The van der Waals surface area contributed by atoms with E-state index >= 15 is 0 Å². The summed E-state index contributed by atoms with van der Waals surface area (Å²) in [6.45, 7) is 3.72. The zero-order valence-corrected chi connectivity index (χ0v) is 8.59. The first kappa shape index (κ1) is 13.6. The number of rotatable bonds is 8. The van der Waals surface area contributed by atoms with Crippen LogP contribution in [0.3, 0.4) is 0 Å². The third-order valence-corrected chi connectivity index (χ3v) is 1.23. The highest BCUT2D eigenvalue weighted by molar-refractivity contribution is 6.22. The van der Waals surface area contributed by atoms with Gasteiger partial charge in [-0.3, -0.25) is 0 Å². The summed E-state index contributed by atoms with van der Waals surface area (Å²) < 4.78 is 9.55. The summed E-state index contributed by atoms with van der Waals surface area (Å²) >= 11 is 0. The summed E-state index contributed by atoms with van der Waals surface area (Å²) in [6, 6.07) is 0. The minimum atomic E-state index is -0.857. The Hall–Kier alpha value is -1.40. The third-order valence-electron chi connectivity index (χ3n) is 1.23. The summed E-state index contributed by atoms with van der Waals surface area (Å²) in [7, 11) is 1.31. The van der Waals surface area contributed by atoms with Gasteiger partial charge in [0.05, 0.1) is 13.2 Å². The molecule has 0 saturated heterocycles. The third kappa shape index (κ3) is 8.92. The van der Waals surface area contributed by atoms with Gasteiger partial charge in [-0.05, 0) is 0 Å². The van der Waals surface area contributed by atoms with Gasteiger partial charge in [0, 0.05) is 0 Å². The maximum absolute atomic E-state index is 10.8. The van der Waals surface area contributed by atoms with E-state index in [-0.39, 0.29) is 13.2 Å². The Balaban J connectivity index is 3.52. The van der Waals surface area contributed by atoms with E-state index in [1.807, 2.05) is 0 Å². The zero-order chi connectivity index (χ0) is 11.5. The van der Waals surface area contributed by atoms with Gasteiger partial charge in [-0.2, -0.15) is 0 Å². The monoisotopic (exact) mass is 217 g/mol. The molecule has 0 aromatic carbocycles. The van der Waals surface area contributed by atoms with Gasteiger partial charge in [-0.1, -0.05) is 11.2 Å². The Morgan fingerprint density at radius 3 is 2.93 bits per heavy atom. The highest BCUT2D eigenvalue weighted by Gasteiger charge is 2.07. The van der Waals surface area contributed by atoms with Crippen molar-refractivity contribution in [1.82, 2.24) is 0 Å². The smallest absolute Gasteiger partial charge is 0.352 e. The van der Waals surface area contributed by atoms with Gasteiger partial charge in [0.25, 0.3) is 0 Å². The van der Waals surface area contributed by atoms with E-state index in [1.54, 1.807) is 6.08 Å². The number of aliphatic hydroxyl groups is 1. The standard InChI is InChI=1S/C9H15NO5/c1-3-4-14-6-8(11)7-15-9(12)5-10-13-2/h3,5,8,11H,1,4,6-7H2,2H3/b10-5+. The molecule has 1 unspecified atom stereocenters. The predicted molar refractivity (Wildman–Crippen MR) is 53.5 cm³/mol. The van der Waals surface area contributed by atoms with Gasteiger partial charge in [0.2, 0.25) is 0 Å². The molecule has 0 radical (unpaired) electrons. The highest BCUT2D eigenvalue weighted by Crippen LogP contribution is 1.88. The van der Waals surface area contributed by atoms with Crippen LogP contribution in [0.4, 0.5) is 0 Å². The molecular weight excluding hydrogens is 202 g/mol. The van der Waals surface area contributed by atoms with Crippen molar-refractivity contribution in [3.63, 3.8) is 0 Å². The lowest BCUT2D eigenvalue weighted by molar-refractivity contribution is -0.139. The summed E-state index contributed by atoms with van der Waals surface area (Å²) in [6.07, 6.45) is 1.58. The van der Waals surface area contributed by atoms with Crippen molar-refractivity contribution in [2.75, 3.05) is 26.9 Å². The van der Waals surface area contributed by atoms with Gasteiger partial charge in [-0.15, -0.1) is 6.58 Å². The summed E-state index contributed by atoms with van der Waals surface area (Å²) in [5.41, 5.74) is 0. The molecule has 0 saturated carbocycles. The number of carbonyl (C=O) groups excluding carboxylic acids is 1. The van der Waals surface area contributed by atoms with Crippen LogP contribution in [0.1, 0.15) is 0 Å². The molecule has 0 aliphatic heterocycles. The topological polar surface area (TPSA) is 77.4 Å². The number of oxime groups is 1. The van der Waals surface area contributed by atoms with Gasteiger partial charge in [-0.25, -0.2) is 4.79 Å². The predicted octanol–water partition coefficient (Wildman–Crippen LogP) is -0.275. The molecule has 1 atom stereocenters. The van der Waals surface area contributed by atoms with Crippen LogP contribution in [0.2, 0.25) is 0 Å². The van der Waals surface area contributed by atoms with Crippen molar-refractivity contribution in [3.8, 4) is 0 Å². The number of carbonyl (C=O) groups is 1. The molecule has 0 bridgehead atoms. The van der Waals surface area contributed by atoms with Crippen molar-refractivity contribution in [2.45, 2.75) is 6.10 Å². The number of ether oxygens (including phenoxy) is 2. The Labute approximate surface area is 88.1 Å². The molecule has 6 nitrogen and oxygen atoms in total. The first-order valence-corrected chi connectivity index (χ1v) is 4.30. The second-order valence-corrected chi connectivity index (χ2v) is 2.53. The Morgan fingerprint density at radius 2 is 2.33 bits per heavy atom. The van der Waals surface area contributed by atoms with E-state index < -0.39 is 12.1 Å². The van der Waals surface area contributed by atoms with Crippen LogP contribution in [0, 0.1) is 0 Å². The molecule has 0 heterocycles. The van der Waals surface area contributed by atoms with Crippen LogP contribution in [-0.2, 0) is 19.1 Å². The maximum Gasteiger partial charge on any atom is 0.352 e.